The van der Waals surface area contributed by atoms with Crippen molar-refractivity contribution >= 4 is 5.69 Å². The summed E-state index contributed by atoms with van der Waals surface area (Å²) >= 11 is 0. The lowest BCUT2D eigenvalue weighted by molar-refractivity contribution is 0.0894. The second-order valence-corrected chi connectivity index (χ2v) is 5.43. The van der Waals surface area contributed by atoms with Crippen molar-refractivity contribution < 1.29 is 14.2 Å². The number of ether oxygens (including phenoxy) is 3. The molecule has 1 aromatic rings. The number of benzene rings is 1. The highest BCUT2D eigenvalue weighted by atomic mass is 16.5. The van der Waals surface area contributed by atoms with E-state index in [4.69, 9.17) is 19.9 Å². The minimum Gasteiger partial charge on any atom is -0.494 e. The van der Waals surface area contributed by atoms with Crippen LogP contribution in [0.5, 0.6) is 11.5 Å². The van der Waals surface area contributed by atoms with Gasteiger partial charge in [-0.15, -0.1) is 0 Å². The molecule has 0 aliphatic carbocycles. The second-order valence-electron chi connectivity index (χ2n) is 5.43. The maximum absolute atomic E-state index is 5.79. The van der Waals surface area contributed by atoms with Gasteiger partial charge in [0.25, 0.3) is 0 Å². The number of nitrogens with zero attached hydrogens (tertiary/aromatic N) is 2. The Morgan fingerprint density at radius 3 is 2.23 bits per heavy atom. The summed E-state index contributed by atoms with van der Waals surface area (Å²) in [6.07, 6.45) is 0. The molecule has 1 aliphatic heterocycles. The van der Waals surface area contributed by atoms with E-state index in [-0.39, 0.29) is 0 Å². The zero-order valence-electron chi connectivity index (χ0n) is 13.6. The summed E-state index contributed by atoms with van der Waals surface area (Å²) in [5.41, 5.74) is 6.42. The molecule has 0 radical (unpaired) electrons. The fourth-order valence-corrected chi connectivity index (χ4v) is 2.53. The number of methoxy groups -OCH3 is 2. The van der Waals surface area contributed by atoms with Crippen LogP contribution >= 0.6 is 0 Å². The van der Waals surface area contributed by atoms with Crippen molar-refractivity contribution in [3.8, 4) is 11.5 Å². The zero-order chi connectivity index (χ0) is 15.8. The van der Waals surface area contributed by atoms with Gasteiger partial charge in [-0.05, 0) is 12.1 Å². The molecule has 2 rings (SSSR count). The molecule has 0 unspecified atom stereocenters. The monoisotopic (exact) mass is 309 g/mol. The van der Waals surface area contributed by atoms with E-state index in [1.54, 1.807) is 14.2 Å². The minimum absolute atomic E-state index is 0.627. The Morgan fingerprint density at radius 1 is 1.00 bits per heavy atom. The molecule has 0 aromatic heterocycles. The molecule has 1 fully saturated rings. The smallest absolute Gasteiger partial charge is 0.145 e. The number of rotatable bonds is 8. The highest BCUT2D eigenvalue weighted by molar-refractivity contribution is 5.55. The van der Waals surface area contributed by atoms with E-state index in [1.807, 2.05) is 18.2 Å². The maximum atomic E-state index is 5.79. The van der Waals surface area contributed by atoms with Gasteiger partial charge in [-0.2, -0.15) is 0 Å². The van der Waals surface area contributed by atoms with Gasteiger partial charge in [-0.1, -0.05) is 0 Å². The first kappa shape index (κ1) is 16.9. The Hall–Kier alpha value is -1.50. The summed E-state index contributed by atoms with van der Waals surface area (Å²) in [5.74, 6) is 1.45. The van der Waals surface area contributed by atoms with Crippen LogP contribution in [0.15, 0.2) is 18.2 Å². The SMILES string of the molecule is COCCN1CCN(CCOc2ccc(N)c(OC)c2)CC1. The van der Waals surface area contributed by atoms with Crippen LogP contribution in [-0.4, -0.2) is 76.5 Å². The Bertz CT molecular complexity index is 448. The Labute approximate surface area is 132 Å². The molecule has 2 N–H and O–H groups in total. The van der Waals surface area contributed by atoms with Gasteiger partial charge >= 0.3 is 0 Å². The summed E-state index contributed by atoms with van der Waals surface area (Å²) in [4.78, 5) is 4.86. The summed E-state index contributed by atoms with van der Waals surface area (Å²) in [7, 11) is 3.36. The Morgan fingerprint density at radius 2 is 1.64 bits per heavy atom. The molecule has 0 bridgehead atoms. The maximum Gasteiger partial charge on any atom is 0.145 e. The van der Waals surface area contributed by atoms with E-state index in [9.17, 15) is 0 Å². The van der Waals surface area contributed by atoms with Crippen LogP contribution in [-0.2, 0) is 4.74 Å². The largest absolute Gasteiger partial charge is 0.494 e. The summed E-state index contributed by atoms with van der Waals surface area (Å²) in [6.45, 7) is 7.79. The number of anilines is 1. The van der Waals surface area contributed by atoms with Crippen molar-refractivity contribution in [3.63, 3.8) is 0 Å². The van der Waals surface area contributed by atoms with Crippen molar-refractivity contribution in [2.75, 3.05) is 72.4 Å². The fourth-order valence-electron chi connectivity index (χ4n) is 2.53. The van der Waals surface area contributed by atoms with E-state index >= 15 is 0 Å². The first-order valence-electron chi connectivity index (χ1n) is 7.73. The van der Waals surface area contributed by atoms with Gasteiger partial charge < -0.3 is 19.9 Å². The van der Waals surface area contributed by atoms with Crippen molar-refractivity contribution in [2.45, 2.75) is 0 Å². The molecule has 1 saturated heterocycles. The quantitative estimate of drug-likeness (QED) is 0.721. The van der Waals surface area contributed by atoms with Crippen molar-refractivity contribution in [2.24, 2.45) is 0 Å². The normalized spacial score (nSPS) is 16.6. The van der Waals surface area contributed by atoms with E-state index in [0.29, 0.717) is 18.0 Å². The van der Waals surface area contributed by atoms with E-state index in [1.165, 1.54) is 0 Å². The summed E-state index contributed by atoms with van der Waals surface area (Å²) in [6, 6.07) is 5.52. The van der Waals surface area contributed by atoms with Crippen LogP contribution in [0.2, 0.25) is 0 Å². The lowest BCUT2D eigenvalue weighted by atomic mass is 10.3. The molecule has 0 saturated carbocycles. The standard InChI is InChI=1S/C16H27N3O3/c1-20-11-9-18-5-7-19(8-6-18)10-12-22-14-3-4-15(17)16(13-14)21-2/h3-4,13H,5-12,17H2,1-2H3. The minimum atomic E-state index is 0.627. The lowest BCUT2D eigenvalue weighted by Gasteiger charge is -2.34. The number of piperazine rings is 1. The van der Waals surface area contributed by atoms with Gasteiger partial charge in [0.2, 0.25) is 0 Å². The van der Waals surface area contributed by atoms with Gasteiger partial charge in [-0.25, -0.2) is 0 Å². The van der Waals surface area contributed by atoms with E-state index in [2.05, 4.69) is 9.80 Å². The highest BCUT2D eigenvalue weighted by Gasteiger charge is 2.16. The van der Waals surface area contributed by atoms with Crippen molar-refractivity contribution in [1.29, 1.82) is 0 Å². The molecule has 22 heavy (non-hydrogen) atoms. The molecular formula is C16H27N3O3. The van der Waals surface area contributed by atoms with Crippen molar-refractivity contribution in [3.05, 3.63) is 18.2 Å². The number of hydrogen-bond acceptors (Lipinski definition) is 6. The summed E-state index contributed by atoms with van der Waals surface area (Å²) in [5, 5.41) is 0. The second kappa shape index (κ2) is 8.82. The molecular weight excluding hydrogens is 282 g/mol. The number of nitrogens with two attached hydrogens (primary N) is 1. The lowest BCUT2D eigenvalue weighted by Crippen LogP contribution is -2.48. The molecule has 6 heteroatoms. The molecule has 0 spiro atoms. The van der Waals surface area contributed by atoms with Gasteiger partial charge in [0.05, 0.1) is 19.4 Å². The van der Waals surface area contributed by atoms with Crippen LogP contribution in [0.25, 0.3) is 0 Å². The third-order valence-electron chi connectivity index (χ3n) is 3.96. The van der Waals surface area contributed by atoms with E-state index in [0.717, 1.165) is 51.6 Å². The molecule has 0 amide bonds. The zero-order valence-corrected chi connectivity index (χ0v) is 13.6. The van der Waals surface area contributed by atoms with Gasteiger partial charge in [0, 0.05) is 52.4 Å². The first-order chi connectivity index (χ1) is 10.7. The van der Waals surface area contributed by atoms with Crippen molar-refractivity contribution in [1.82, 2.24) is 9.80 Å². The topological polar surface area (TPSA) is 60.2 Å². The average Bonchev–Trinajstić information content (AvgIpc) is 2.55. The predicted molar refractivity (Wildman–Crippen MR) is 87.7 cm³/mol. The molecule has 1 aliphatic rings. The molecule has 0 atom stereocenters. The molecule has 1 aromatic carbocycles. The Balaban J connectivity index is 1.67. The molecule has 6 nitrogen and oxygen atoms in total. The number of hydrogen-bond donors (Lipinski definition) is 1. The van der Waals surface area contributed by atoms with Gasteiger partial charge in [-0.3, -0.25) is 9.80 Å². The average molecular weight is 309 g/mol. The third kappa shape index (κ3) is 5.05. The first-order valence-corrected chi connectivity index (χ1v) is 7.73. The Kier molecular flexibility index (Phi) is 6.76. The predicted octanol–water partition coefficient (Wildman–Crippen LogP) is 0.920. The van der Waals surface area contributed by atoms with Gasteiger partial charge in [0.15, 0.2) is 0 Å². The highest BCUT2D eigenvalue weighted by Crippen LogP contribution is 2.26. The van der Waals surface area contributed by atoms with E-state index < -0.39 is 0 Å². The summed E-state index contributed by atoms with van der Waals surface area (Å²) < 4.78 is 16.1. The third-order valence-corrected chi connectivity index (χ3v) is 3.96. The number of nitrogen functional groups attached to an aromatic ring is 1. The molecule has 1 heterocycles. The van der Waals surface area contributed by atoms with Crippen LogP contribution in [0, 0.1) is 0 Å². The van der Waals surface area contributed by atoms with Gasteiger partial charge in [0.1, 0.15) is 18.1 Å². The fraction of sp³-hybridized carbons (Fsp3) is 0.625. The van der Waals surface area contributed by atoms with Crippen LogP contribution in [0.3, 0.4) is 0 Å². The van der Waals surface area contributed by atoms with Crippen LogP contribution in [0.1, 0.15) is 0 Å². The molecule has 124 valence electrons. The van der Waals surface area contributed by atoms with Crippen LogP contribution in [0.4, 0.5) is 5.69 Å². The van der Waals surface area contributed by atoms with Crippen LogP contribution < -0.4 is 15.2 Å².